The molecule has 6 heteroatoms. The van der Waals surface area contributed by atoms with E-state index in [0.717, 1.165) is 11.3 Å². The molecule has 78 valence electrons. The molecule has 0 aliphatic carbocycles. The standard InChI is InChI=1S/C9H6ClNO3S/c10-4-2-1-3-7-5-8(6-12)15-9(7)11(13)14/h5-6H,2,4H2. The predicted molar refractivity (Wildman–Crippen MR) is 58.6 cm³/mol. The molecule has 1 heterocycles. The van der Waals surface area contributed by atoms with Gasteiger partial charge in [-0.3, -0.25) is 14.9 Å². The SMILES string of the molecule is O=Cc1cc(C#CCCCl)c([N+](=O)[O-])s1. The lowest BCUT2D eigenvalue weighted by atomic mass is 10.3. The minimum absolute atomic E-state index is 0.0980. The molecule has 1 aromatic rings. The van der Waals surface area contributed by atoms with Gasteiger partial charge in [0.05, 0.1) is 9.80 Å². The largest absolute Gasteiger partial charge is 0.340 e. The van der Waals surface area contributed by atoms with Crippen LogP contribution in [0, 0.1) is 22.0 Å². The molecule has 0 atom stereocenters. The lowest BCUT2D eigenvalue weighted by molar-refractivity contribution is -0.380. The summed E-state index contributed by atoms with van der Waals surface area (Å²) in [5.41, 5.74) is 0.275. The van der Waals surface area contributed by atoms with E-state index < -0.39 is 4.92 Å². The molecule has 0 aliphatic rings. The Morgan fingerprint density at radius 2 is 2.40 bits per heavy atom. The van der Waals surface area contributed by atoms with E-state index in [1.807, 2.05) is 0 Å². The first-order chi connectivity index (χ1) is 7.19. The van der Waals surface area contributed by atoms with Gasteiger partial charge in [-0.1, -0.05) is 23.2 Å². The molecule has 0 unspecified atom stereocenters. The molecule has 1 rings (SSSR count). The van der Waals surface area contributed by atoms with Crippen molar-refractivity contribution in [2.75, 3.05) is 5.88 Å². The van der Waals surface area contributed by atoms with Crippen LogP contribution in [0.4, 0.5) is 5.00 Å². The van der Waals surface area contributed by atoms with Crippen molar-refractivity contribution >= 4 is 34.2 Å². The molecular formula is C9H6ClNO3S. The number of carbonyl (C=O) groups excluding carboxylic acids is 1. The Kier molecular flexibility index (Phi) is 4.28. The van der Waals surface area contributed by atoms with Crippen molar-refractivity contribution in [3.05, 3.63) is 26.6 Å². The van der Waals surface area contributed by atoms with Gasteiger partial charge in [0.2, 0.25) is 0 Å². The average molecular weight is 244 g/mol. The van der Waals surface area contributed by atoms with Crippen molar-refractivity contribution in [1.29, 1.82) is 0 Å². The number of hydrogen-bond acceptors (Lipinski definition) is 4. The van der Waals surface area contributed by atoms with Crippen molar-refractivity contribution in [2.24, 2.45) is 0 Å². The molecule has 4 nitrogen and oxygen atoms in total. The van der Waals surface area contributed by atoms with Gasteiger partial charge >= 0.3 is 5.00 Å². The monoisotopic (exact) mass is 243 g/mol. The highest BCUT2D eigenvalue weighted by Gasteiger charge is 2.17. The summed E-state index contributed by atoms with van der Waals surface area (Å²) in [5, 5.41) is 10.5. The van der Waals surface area contributed by atoms with Gasteiger partial charge in [-0.15, -0.1) is 11.6 Å². The van der Waals surface area contributed by atoms with Crippen LogP contribution in [0.15, 0.2) is 6.07 Å². The first kappa shape index (κ1) is 11.7. The van der Waals surface area contributed by atoms with Crippen LogP contribution in [0.25, 0.3) is 0 Å². The summed E-state index contributed by atoms with van der Waals surface area (Å²) in [6.07, 6.45) is 1.04. The van der Waals surface area contributed by atoms with E-state index in [-0.39, 0.29) is 10.6 Å². The van der Waals surface area contributed by atoms with Gasteiger partial charge in [-0.05, 0) is 6.07 Å². The number of thiophene rings is 1. The normalized spacial score (nSPS) is 9.13. The third kappa shape index (κ3) is 3.05. The third-order valence-corrected chi connectivity index (χ3v) is 2.66. The van der Waals surface area contributed by atoms with Crippen LogP contribution in [0.5, 0.6) is 0 Å². The highest BCUT2D eigenvalue weighted by molar-refractivity contribution is 7.17. The molecule has 0 saturated carbocycles. The number of rotatable bonds is 3. The summed E-state index contributed by atoms with van der Waals surface area (Å²) in [7, 11) is 0. The maximum Gasteiger partial charge on any atom is 0.340 e. The quantitative estimate of drug-likeness (QED) is 0.269. The minimum atomic E-state index is -0.539. The van der Waals surface area contributed by atoms with Crippen molar-refractivity contribution < 1.29 is 9.72 Å². The topological polar surface area (TPSA) is 60.2 Å². The first-order valence-corrected chi connectivity index (χ1v) is 5.32. The van der Waals surface area contributed by atoms with Gasteiger partial charge in [-0.25, -0.2) is 0 Å². The summed E-state index contributed by atoms with van der Waals surface area (Å²) >= 11 is 6.24. The first-order valence-electron chi connectivity index (χ1n) is 3.97. The number of hydrogen-bond donors (Lipinski definition) is 0. The zero-order chi connectivity index (χ0) is 11.3. The maximum atomic E-state index is 10.6. The van der Waals surface area contributed by atoms with Crippen molar-refractivity contribution in [3.63, 3.8) is 0 Å². The summed E-state index contributed by atoms with van der Waals surface area (Å²) < 4.78 is 0. The smallest absolute Gasteiger partial charge is 0.297 e. The second kappa shape index (κ2) is 5.49. The lowest BCUT2D eigenvalue weighted by Crippen LogP contribution is -1.85. The van der Waals surface area contributed by atoms with Gasteiger partial charge in [0.15, 0.2) is 6.29 Å². The molecule has 0 spiro atoms. The molecule has 0 radical (unpaired) electrons. The van der Waals surface area contributed by atoms with E-state index in [0.29, 0.717) is 23.5 Å². The van der Waals surface area contributed by atoms with E-state index in [1.165, 1.54) is 6.07 Å². The molecule has 0 aliphatic heterocycles. The highest BCUT2D eigenvalue weighted by atomic mass is 35.5. The Hall–Kier alpha value is -1.38. The minimum Gasteiger partial charge on any atom is -0.297 e. The van der Waals surface area contributed by atoms with E-state index in [2.05, 4.69) is 11.8 Å². The fraction of sp³-hybridized carbons (Fsp3) is 0.222. The van der Waals surface area contributed by atoms with E-state index in [4.69, 9.17) is 11.6 Å². The Labute approximate surface area is 95.0 Å². The molecule has 1 aromatic heterocycles. The Morgan fingerprint density at radius 3 is 2.93 bits per heavy atom. The lowest BCUT2D eigenvalue weighted by Gasteiger charge is -1.84. The molecule has 0 fully saturated rings. The predicted octanol–water partition coefficient (Wildman–Crippen LogP) is 2.45. The highest BCUT2D eigenvalue weighted by Crippen LogP contribution is 2.28. The Balaban J connectivity index is 3.05. The van der Waals surface area contributed by atoms with Crippen LogP contribution in [-0.4, -0.2) is 17.1 Å². The van der Waals surface area contributed by atoms with E-state index in [1.54, 1.807) is 0 Å². The average Bonchev–Trinajstić information content (AvgIpc) is 2.62. The summed E-state index contributed by atoms with van der Waals surface area (Å²) in [5.74, 6) is 5.69. The van der Waals surface area contributed by atoms with E-state index in [9.17, 15) is 14.9 Å². The van der Waals surface area contributed by atoms with Gasteiger partial charge in [-0.2, -0.15) is 0 Å². The summed E-state index contributed by atoms with van der Waals surface area (Å²) in [4.78, 5) is 20.8. The van der Waals surface area contributed by atoms with Crippen molar-refractivity contribution in [3.8, 4) is 11.8 Å². The van der Waals surface area contributed by atoms with Crippen LogP contribution < -0.4 is 0 Å². The number of alkyl halides is 1. The van der Waals surface area contributed by atoms with Gasteiger partial charge in [0.1, 0.15) is 5.56 Å². The Morgan fingerprint density at radius 1 is 1.67 bits per heavy atom. The zero-order valence-electron chi connectivity index (χ0n) is 7.53. The zero-order valence-corrected chi connectivity index (χ0v) is 9.10. The maximum absolute atomic E-state index is 10.6. The summed E-state index contributed by atoms with van der Waals surface area (Å²) in [6.45, 7) is 0. The van der Waals surface area contributed by atoms with Crippen LogP contribution in [-0.2, 0) is 0 Å². The second-order valence-electron chi connectivity index (χ2n) is 2.48. The fourth-order valence-electron chi connectivity index (χ4n) is 0.888. The molecule has 0 saturated heterocycles. The third-order valence-electron chi connectivity index (χ3n) is 1.46. The molecule has 15 heavy (non-hydrogen) atoms. The number of aldehydes is 1. The van der Waals surface area contributed by atoms with Crippen LogP contribution in [0.1, 0.15) is 21.7 Å². The van der Waals surface area contributed by atoms with Gasteiger partial charge in [0, 0.05) is 12.3 Å². The number of nitro groups is 1. The Bertz CT molecular complexity index is 444. The molecule has 0 amide bonds. The van der Waals surface area contributed by atoms with Gasteiger partial charge < -0.3 is 0 Å². The molecule has 0 N–H and O–H groups in total. The van der Waals surface area contributed by atoms with Crippen LogP contribution in [0.2, 0.25) is 0 Å². The molecular weight excluding hydrogens is 238 g/mol. The van der Waals surface area contributed by atoms with Crippen LogP contribution in [0.3, 0.4) is 0 Å². The van der Waals surface area contributed by atoms with Gasteiger partial charge in [0.25, 0.3) is 0 Å². The summed E-state index contributed by atoms with van der Waals surface area (Å²) in [6, 6.07) is 1.41. The molecule has 0 bridgehead atoms. The number of nitrogens with zero attached hydrogens (tertiary/aromatic N) is 1. The number of halogens is 1. The van der Waals surface area contributed by atoms with Crippen molar-refractivity contribution in [1.82, 2.24) is 0 Å². The fourth-order valence-corrected chi connectivity index (χ4v) is 1.73. The van der Waals surface area contributed by atoms with E-state index >= 15 is 0 Å². The van der Waals surface area contributed by atoms with Crippen LogP contribution >= 0.6 is 22.9 Å². The number of carbonyl (C=O) groups is 1. The second-order valence-corrected chi connectivity index (χ2v) is 3.92. The molecule has 0 aromatic carbocycles. The van der Waals surface area contributed by atoms with Crippen molar-refractivity contribution in [2.45, 2.75) is 6.42 Å².